The number of benzene rings is 1. The van der Waals surface area contributed by atoms with Crippen LogP contribution in [0.15, 0.2) is 61.1 Å². The van der Waals surface area contributed by atoms with Crippen LogP contribution in [0.4, 0.5) is 4.39 Å². The fraction of sp³-hybridized carbons (Fsp3) is 0.320. The first kappa shape index (κ1) is 18.3. The lowest BCUT2D eigenvalue weighted by Gasteiger charge is -2.28. The molecule has 0 amide bonds. The highest BCUT2D eigenvalue weighted by atomic mass is 19.1. The van der Waals surface area contributed by atoms with Crippen molar-refractivity contribution in [1.29, 1.82) is 0 Å². The number of aromatic nitrogens is 2. The van der Waals surface area contributed by atoms with E-state index in [0.717, 1.165) is 41.3 Å². The molecule has 2 aliphatic heterocycles. The quantitative estimate of drug-likeness (QED) is 0.616. The van der Waals surface area contributed by atoms with E-state index < -0.39 is 0 Å². The third-order valence-corrected chi connectivity index (χ3v) is 6.48. The third-order valence-electron chi connectivity index (χ3n) is 6.48. The summed E-state index contributed by atoms with van der Waals surface area (Å²) >= 11 is 0. The van der Waals surface area contributed by atoms with Crippen LogP contribution in [0.5, 0.6) is 0 Å². The summed E-state index contributed by atoms with van der Waals surface area (Å²) in [5.74, 6) is 0.591. The van der Waals surface area contributed by atoms with Crippen LogP contribution in [0.3, 0.4) is 0 Å². The molecular weight excluding hydrogens is 361 g/mol. The second-order valence-corrected chi connectivity index (χ2v) is 8.21. The molecule has 2 atom stereocenters. The van der Waals surface area contributed by atoms with Crippen LogP contribution in [0.2, 0.25) is 0 Å². The van der Waals surface area contributed by atoms with Crippen molar-refractivity contribution in [2.24, 2.45) is 5.92 Å². The summed E-state index contributed by atoms with van der Waals surface area (Å²) in [6, 6.07) is 11.4. The first-order valence-electron chi connectivity index (χ1n) is 10.6. The fourth-order valence-corrected chi connectivity index (χ4v) is 4.93. The predicted molar refractivity (Wildman–Crippen MR) is 116 cm³/mol. The minimum atomic E-state index is -0.219. The monoisotopic (exact) mass is 387 g/mol. The average Bonchev–Trinajstić information content (AvgIpc) is 3.38. The van der Waals surface area contributed by atoms with E-state index in [9.17, 15) is 4.39 Å². The topological polar surface area (TPSA) is 31.9 Å². The number of hydrogen-bond acceptors (Lipinski definition) is 2. The summed E-state index contributed by atoms with van der Waals surface area (Å²) in [5.41, 5.74) is 6.71. The van der Waals surface area contributed by atoms with Gasteiger partial charge < -0.3 is 4.98 Å². The van der Waals surface area contributed by atoms with Crippen LogP contribution < -0.4 is 0 Å². The van der Waals surface area contributed by atoms with Crippen molar-refractivity contribution in [3.8, 4) is 22.4 Å². The van der Waals surface area contributed by atoms with Gasteiger partial charge in [0.25, 0.3) is 0 Å². The van der Waals surface area contributed by atoms with Crippen LogP contribution in [0.1, 0.15) is 31.7 Å². The molecule has 0 bridgehead atoms. The summed E-state index contributed by atoms with van der Waals surface area (Å²) in [6.07, 6.45) is 11.8. The SMILES string of the molecule is CCC1CC2C=C(c3c[nH]c(-c4cccc(F)c4)c3-c3ccncc3)CCN2C1. The Labute approximate surface area is 171 Å². The molecule has 2 aromatic heterocycles. The zero-order valence-corrected chi connectivity index (χ0v) is 16.7. The van der Waals surface area contributed by atoms with Gasteiger partial charge in [0.2, 0.25) is 0 Å². The van der Waals surface area contributed by atoms with Crippen molar-refractivity contribution in [3.05, 3.63) is 72.4 Å². The van der Waals surface area contributed by atoms with E-state index in [2.05, 4.69) is 34.1 Å². The second-order valence-electron chi connectivity index (χ2n) is 8.21. The maximum atomic E-state index is 13.9. The molecule has 1 saturated heterocycles. The number of aromatic amines is 1. The maximum absolute atomic E-state index is 13.9. The van der Waals surface area contributed by atoms with Crippen LogP contribution in [0, 0.1) is 11.7 Å². The van der Waals surface area contributed by atoms with Crippen LogP contribution in [-0.2, 0) is 0 Å². The molecular formula is C25H26FN3. The van der Waals surface area contributed by atoms with Gasteiger partial charge in [-0.25, -0.2) is 4.39 Å². The Morgan fingerprint density at radius 1 is 1.17 bits per heavy atom. The number of pyridine rings is 1. The van der Waals surface area contributed by atoms with Crippen molar-refractivity contribution in [2.75, 3.05) is 13.1 Å². The largest absolute Gasteiger partial charge is 0.360 e. The van der Waals surface area contributed by atoms with Gasteiger partial charge in [0.1, 0.15) is 5.82 Å². The summed E-state index contributed by atoms with van der Waals surface area (Å²) in [6.45, 7) is 4.64. The van der Waals surface area contributed by atoms with Gasteiger partial charge in [0.05, 0.1) is 5.69 Å². The van der Waals surface area contributed by atoms with Crippen LogP contribution in [0.25, 0.3) is 28.0 Å². The zero-order chi connectivity index (χ0) is 19.8. The van der Waals surface area contributed by atoms with E-state index in [4.69, 9.17) is 0 Å². The Bertz CT molecular complexity index is 1040. The van der Waals surface area contributed by atoms with E-state index in [-0.39, 0.29) is 5.82 Å². The summed E-state index contributed by atoms with van der Waals surface area (Å²) in [5, 5.41) is 0. The van der Waals surface area contributed by atoms with Gasteiger partial charge in [-0.05, 0) is 54.2 Å². The molecule has 1 aromatic carbocycles. The highest BCUT2D eigenvalue weighted by Gasteiger charge is 2.33. The second kappa shape index (κ2) is 7.60. The molecule has 2 aliphatic rings. The van der Waals surface area contributed by atoms with Crippen LogP contribution in [-0.4, -0.2) is 34.0 Å². The van der Waals surface area contributed by atoms with E-state index in [1.54, 1.807) is 12.1 Å². The van der Waals surface area contributed by atoms with Crippen LogP contribution >= 0.6 is 0 Å². The molecule has 29 heavy (non-hydrogen) atoms. The molecule has 0 saturated carbocycles. The molecule has 2 unspecified atom stereocenters. The van der Waals surface area contributed by atoms with Crippen molar-refractivity contribution in [3.63, 3.8) is 0 Å². The minimum Gasteiger partial charge on any atom is -0.360 e. The van der Waals surface area contributed by atoms with Crippen molar-refractivity contribution >= 4 is 5.57 Å². The molecule has 1 fully saturated rings. The molecule has 3 aromatic rings. The highest BCUT2D eigenvalue weighted by Crippen LogP contribution is 2.41. The number of nitrogens with one attached hydrogen (secondary N) is 1. The Morgan fingerprint density at radius 3 is 2.83 bits per heavy atom. The van der Waals surface area contributed by atoms with Gasteiger partial charge in [-0.3, -0.25) is 9.88 Å². The highest BCUT2D eigenvalue weighted by molar-refractivity contribution is 5.91. The van der Waals surface area contributed by atoms with Gasteiger partial charge in [0.15, 0.2) is 0 Å². The van der Waals surface area contributed by atoms with Crippen molar-refractivity contribution in [2.45, 2.75) is 32.2 Å². The first-order chi connectivity index (χ1) is 14.2. The molecule has 0 aliphatic carbocycles. The lowest BCUT2D eigenvalue weighted by Crippen LogP contribution is -2.32. The van der Waals surface area contributed by atoms with E-state index in [1.807, 2.05) is 30.6 Å². The van der Waals surface area contributed by atoms with Gasteiger partial charge in [-0.1, -0.05) is 31.6 Å². The smallest absolute Gasteiger partial charge is 0.123 e. The Hall–Kier alpha value is -2.72. The third kappa shape index (κ3) is 3.42. The van der Waals surface area contributed by atoms with Gasteiger partial charge in [-0.2, -0.15) is 0 Å². The molecule has 3 nitrogen and oxygen atoms in total. The van der Waals surface area contributed by atoms with E-state index in [1.165, 1.54) is 36.6 Å². The molecule has 148 valence electrons. The average molecular weight is 388 g/mol. The molecule has 4 heterocycles. The van der Waals surface area contributed by atoms with Gasteiger partial charge >= 0.3 is 0 Å². The molecule has 5 rings (SSSR count). The predicted octanol–water partition coefficient (Wildman–Crippen LogP) is 5.77. The number of fused-ring (bicyclic) bond motifs is 1. The molecule has 4 heteroatoms. The molecule has 1 N–H and O–H groups in total. The normalized spacial score (nSPS) is 21.8. The molecule has 0 spiro atoms. The Morgan fingerprint density at radius 2 is 2.03 bits per heavy atom. The lowest BCUT2D eigenvalue weighted by molar-refractivity contribution is 0.281. The number of rotatable bonds is 4. The van der Waals surface area contributed by atoms with Crippen molar-refractivity contribution < 1.29 is 4.39 Å². The number of hydrogen-bond donors (Lipinski definition) is 1. The van der Waals surface area contributed by atoms with Gasteiger partial charge in [-0.15, -0.1) is 0 Å². The summed E-state index contributed by atoms with van der Waals surface area (Å²) in [4.78, 5) is 10.3. The van der Waals surface area contributed by atoms with E-state index in [0.29, 0.717) is 6.04 Å². The first-order valence-corrected chi connectivity index (χ1v) is 10.6. The summed E-state index contributed by atoms with van der Waals surface area (Å²) < 4.78 is 13.9. The van der Waals surface area contributed by atoms with Gasteiger partial charge in [0, 0.05) is 54.4 Å². The minimum absolute atomic E-state index is 0.219. The maximum Gasteiger partial charge on any atom is 0.123 e. The number of halogens is 1. The zero-order valence-electron chi connectivity index (χ0n) is 16.7. The lowest BCUT2D eigenvalue weighted by atomic mass is 9.90. The number of H-pyrrole nitrogens is 1. The standard InChI is InChI=1S/C25H26FN3/c1-2-17-12-22-14-19(8-11-29(22)16-17)23-15-28-25(20-4-3-5-21(26)13-20)24(23)18-6-9-27-10-7-18/h3-7,9-10,13-15,17,22,28H,2,8,11-12,16H2,1H3. The Balaban J connectivity index is 1.61. The molecule has 0 radical (unpaired) electrons. The van der Waals surface area contributed by atoms with E-state index >= 15 is 0 Å². The fourth-order valence-electron chi connectivity index (χ4n) is 4.93. The number of nitrogens with zero attached hydrogens (tertiary/aromatic N) is 2. The van der Waals surface area contributed by atoms with Crippen molar-refractivity contribution in [1.82, 2.24) is 14.9 Å². The summed E-state index contributed by atoms with van der Waals surface area (Å²) in [7, 11) is 0. The Kier molecular flexibility index (Phi) is 4.80.